The molecule has 1 saturated heterocycles. The van der Waals surface area contributed by atoms with Crippen LogP contribution in [-0.4, -0.2) is 63.4 Å². The van der Waals surface area contributed by atoms with Gasteiger partial charge in [0.25, 0.3) is 5.56 Å². The Hall–Kier alpha value is -3.03. The highest BCUT2D eigenvalue weighted by atomic mass is 16.5. The Morgan fingerprint density at radius 3 is 2.48 bits per heavy atom. The molecule has 0 amide bonds. The SMILES string of the molecule is COCCN1CCN(c2ccc(NCc3cc4cc(OC)ccc4[nH]c3=O)cc2)CC1. The quantitative estimate of drug-likeness (QED) is 0.582. The van der Waals surface area contributed by atoms with Gasteiger partial charge in [-0.3, -0.25) is 9.69 Å². The van der Waals surface area contributed by atoms with Crippen LogP contribution in [0.3, 0.4) is 0 Å². The van der Waals surface area contributed by atoms with E-state index in [1.165, 1.54) is 5.69 Å². The number of H-pyrrole nitrogens is 1. The van der Waals surface area contributed by atoms with Crippen LogP contribution in [0.2, 0.25) is 0 Å². The van der Waals surface area contributed by atoms with Crippen LogP contribution in [0.5, 0.6) is 5.75 Å². The summed E-state index contributed by atoms with van der Waals surface area (Å²) >= 11 is 0. The van der Waals surface area contributed by atoms with Gasteiger partial charge in [-0.1, -0.05) is 0 Å². The monoisotopic (exact) mass is 422 g/mol. The molecular formula is C24H30N4O3. The summed E-state index contributed by atoms with van der Waals surface area (Å²) in [6.45, 7) is 6.39. The van der Waals surface area contributed by atoms with E-state index < -0.39 is 0 Å². The second-order valence-electron chi connectivity index (χ2n) is 7.80. The van der Waals surface area contributed by atoms with Gasteiger partial charge in [0, 0.05) is 74.2 Å². The van der Waals surface area contributed by atoms with Gasteiger partial charge < -0.3 is 24.7 Å². The first kappa shape index (κ1) is 21.2. The number of rotatable bonds is 8. The van der Waals surface area contributed by atoms with Crippen molar-refractivity contribution in [1.29, 1.82) is 0 Å². The van der Waals surface area contributed by atoms with Crippen LogP contribution in [-0.2, 0) is 11.3 Å². The summed E-state index contributed by atoms with van der Waals surface area (Å²) in [6, 6.07) is 16.0. The summed E-state index contributed by atoms with van der Waals surface area (Å²) in [5.74, 6) is 0.772. The molecule has 2 heterocycles. The Bertz CT molecular complexity index is 1060. The van der Waals surface area contributed by atoms with E-state index in [9.17, 15) is 4.79 Å². The molecule has 3 aromatic rings. The summed E-state index contributed by atoms with van der Waals surface area (Å²) < 4.78 is 10.5. The molecule has 0 spiro atoms. The standard InChI is InChI=1S/C24H30N4O3/c1-30-14-13-27-9-11-28(12-10-27)21-5-3-20(4-6-21)25-17-19-15-18-16-22(31-2)7-8-23(18)26-24(19)29/h3-8,15-16,25H,9-14,17H2,1-2H3,(H,26,29). The Balaban J connectivity index is 1.36. The average molecular weight is 423 g/mol. The molecule has 7 nitrogen and oxygen atoms in total. The van der Waals surface area contributed by atoms with E-state index in [1.807, 2.05) is 24.3 Å². The Labute approximate surface area is 182 Å². The minimum atomic E-state index is -0.0758. The average Bonchev–Trinajstić information content (AvgIpc) is 2.82. The molecule has 31 heavy (non-hydrogen) atoms. The number of methoxy groups -OCH3 is 2. The van der Waals surface area contributed by atoms with Crippen molar-refractivity contribution in [3.63, 3.8) is 0 Å². The van der Waals surface area contributed by atoms with Gasteiger partial charge in [-0.2, -0.15) is 0 Å². The highest BCUT2D eigenvalue weighted by Gasteiger charge is 2.16. The maximum absolute atomic E-state index is 12.4. The van der Waals surface area contributed by atoms with E-state index in [1.54, 1.807) is 14.2 Å². The first-order valence-electron chi connectivity index (χ1n) is 10.7. The maximum Gasteiger partial charge on any atom is 0.253 e. The number of anilines is 2. The largest absolute Gasteiger partial charge is 0.497 e. The third-order valence-corrected chi connectivity index (χ3v) is 5.83. The fourth-order valence-electron chi connectivity index (χ4n) is 3.93. The molecule has 7 heteroatoms. The second-order valence-corrected chi connectivity index (χ2v) is 7.80. The summed E-state index contributed by atoms with van der Waals surface area (Å²) in [4.78, 5) is 20.2. The zero-order chi connectivity index (χ0) is 21.6. The van der Waals surface area contributed by atoms with Crippen LogP contribution in [0.4, 0.5) is 11.4 Å². The van der Waals surface area contributed by atoms with Gasteiger partial charge in [0.15, 0.2) is 0 Å². The summed E-state index contributed by atoms with van der Waals surface area (Å²) in [6.07, 6.45) is 0. The minimum absolute atomic E-state index is 0.0758. The van der Waals surface area contributed by atoms with Crippen molar-refractivity contribution in [2.45, 2.75) is 6.54 Å². The Morgan fingerprint density at radius 1 is 1.00 bits per heavy atom. The molecule has 1 aliphatic heterocycles. The van der Waals surface area contributed by atoms with Crippen molar-refractivity contribution in [3.8, 4) is 5.75 Å². The van der Waals surface area contributed by atoms with Gasteiger partial charge in [0.1, 0.15) is 5.75 Å². The van der Waals surface area contributed by atoms with Crippen molar-refractivity contribution in [3.05, 3.63) is 64.4 Å². The predicted molar refractivity (Wildman–Crippen MR) is 125 cm³/mol. The van der Waals surface area contributed by atoms with Crippen molar-refractivity contribution < 1.29 is 9.47 Å². The van der Waals surface area contributed by atoms with Crippen molar-refractivity contribution >= 4 is 22.3 Å². The van der Waals surface area contributed by atoms with E-state index in [0.717, 1.165) is 61.7 Å². The van der Waals surface area contributed by atoms with Crippen LogP contribution < -0.4 is 20.5 Å². The molecule has 1 fully saturated rings. The zero-order valence-corrected chi connectivity index (χ0v) is 18.2. The first-order chi connectivity index (χ1) is 15.2. The number of pyridine rings is 1. The molecule has 0 aliphatic carbocycles. The van der Waals surface area contributed by atoms with E-state index >= 15 is 0 Å². The minimum Gasteiger partial charge on any atom is -0.497 e. The normalized spacial score (nSPS) is 14.7. The number of aromatic amines is 1. The van der Waals surface area contributed by atoms with Gasteiger partial charge in [-0.25, -0.2) is 0 Å². The van der Waals surface area contributed by atoms with E-state index in [-0.39, 0.29) is 5.56 Å². The molecule has 0 atom stereocenters. The number of nitrogens with zero attached hydrogens (tertiary/aromatic N) is 2. The molecule has 0 radical (unpaired) electrons. The van der Waals surface area contributed by atoms with Gasteiger partial charge >= 0.3 is 0 Å². The predicted octanol–water partition coefficient (Wildman–Crippen LogP) is 2.92. The molecule has 164 valence electrons. The lowest BCUT2D eigenvalue weighted by molar-refractivity contribution is 0.144. The van der Waals surface area contributed by atoms with E-state index in [0.29, 0.717) is 12.1 Å². The molecular weight excluding hydrogens is 392 g/mol. The molecule has 0 unspecified atom stereocenters. The molecule has 2 N–H and O–H groups in total. The number of ether oxygens (including phenoxy) is 2. The number of fused-ring (bicyclic) bond motifs is 1. The number of hydrogen-bond acceptors (Lipinski definition) is 6. The third kappa shape index (κ3) is 5.18. The molecule has 1 aliphatic rings. The second kappa shape index (κ2) is 9.85. The summed E-state index contributed by atoms with van der Waals surface area (Å²) in [5.41, 5.74) is 3.64. The Morgan fingerprint density at radius 2 is 1.77 bits per heavy atom. The van der Waals surface area contributed by atoms with Gasteiger partial charge in [-0.15, -0.1) is 0 Å². The number of hydrogen-bond donors (Lipinski definition) is 2. The van der Waals surface area contributed by atoms with Crippen LogP contribution in [0.1, 0.15) is 5.56 Å². The first-order valence-corrected chi connectivity index (χ1v) is 10.7. The number of benzene rings is 2. The Kier molecular flexibility index (Phi) is 6.74. The fraction of sp³-hybridized carbons (Fsp3) is 0.375. The molecule has 1 aromatic heterocycles. The number of piperazine rings is 1. The maximum atomic E-state index is 12.4. The number of aromatic nitrogens is 1. The van der Waals surface area contributed by atoms with Crippen LogP contribution >= 0.6 is 0 Å². The smallest absolute Gasteiger partial charge is 0.253 e. The van der Waals surface area contributed by atoms with Crippen LogP contribution in [0.25, 0.3) is 10.9 Å². The highest BCUT2D eigenvalue weighted by Crippen LogP contribution is 2.21. The highest BCUT2D eigenvalue weighted by molar-refractivity contribution is 5.80. The lowest BCUT2D eigenvalue weighted by atomic mass is 10.1. The van der Waals surface area contributed by atoms with E-state index in [4.69, 9.17) is 9.47 Å². The van der Waals surface area contributed by atoms with Crippen molar-refractivity contribution in [2.75, 3.05) is 63.8 Å². The van der Waals surface area contributed by atoms with Crippen LogP contribution in [0.15, 0.2) is 53.3 Å². The van der Waals surface area contributed by atoms with Crippen molar-refractivity contribution in [2.24, 2.45) is 0 Å². The molecule has 2 aromatic carbocycles. The van der Waals surface area contributed by atoms with Crippen LogP contribution in [0, 0.1) is 0 Å². The third-order valence-electron chi connectivity index (χ3n) is 5.83. The van der Waals surface area contributed by atoms with Gasteiger partial charge in [0.2, 0.25) is 0 Å². The molecule has 0 saturated carbocycles. The van der Waals surface area contributed by atoms with Gasteiger partial charge in [0.05, 0.1) is 13.7 Å². The van der Waals surface area contributed by atoms with Gasteiger partial charge in [-0.05, 0) is 48.5 Å². The number of nitrogens with one attached hydrogen (secondary N) is 2. The zero-order valence-electron chi connectivity index (χ0n) is 18.2. The fourth-order valence-corrected chi connectivity index (χ4v) is 3.93. The molecule has 0 bridgehead atoms. The summed E-state index contributed by atoms with van der Waals surface area (Å²) in [5, 5.41) is 4.32. The van der Waals surface area contributed by atoms with Crippen molar-refractivity contribution in [1.82, 2.24) is 9.88 Å². The lowest BCUT2D eigenvalue weighted by Gasteiger charge is -2.36. The topological polar surface area (TPSA) is 69.8 Å². The van der Waals surface area contributed by atoms with E-state index in [2.05, 4.69) is 44.4 Å². The summed E-state index contributed by atoms with van der Waals surface area (Å²) in [7, 11) is 3.39. The molecule has 4 rings (SSSR count). The lowest BCUT2D eigenvalue weighted by Crippen LogP contribution is -2.47.